The Morgan fingerprint density at radius 3 is 2.21 bits per heavy atom. The van der Waals surface area contributed by atoms with Crippen LogP contribution in [-0.4, -0.2) is 33.3 Å². The molecule has 0 aliphatic carbocycles. The van der Waals surface area contributed by atoms with Gasteiger partial charge < -0.3 is 15.4 Å². The van der Waals surface area contributed by atoms with Gasteiger partial charge in [-0.1, -0.05) is 25.5 Å². The number of aliphatic carboxylic acids is 1. The number of benzene rings is 1. The number of hydrogen-bond acceptors (Lipinski definition) is 3. The lowest BCUT2D eigenvalue weighted by Crippen LogP contribution is -2.52. The van der Waals surface area contributed by atoms with E-state index in [4.69, 9.17) is 0 Å². The normalized spacial score (nSPS) is 13.1. The van der Waals surface area contributed by atoms with Crippen LogP contribution in [0.2, 0.25) is 0 Å². The summed E-state index contributed by atoms with van der Waals surface area (Å²) in [6.45, 7) is 3.34. The number of nitrogens with one attached hydrogen (secondary N) is 2. The van der Waals surface area contributed by atoms with E-state index in [0.29, 0.717) is 29.5 Å². The molecule has 1 heterocycles. The first-order valence-electron chi connectivity index (χ1n) is 7.71. The zero-order valence-electron chi connectivity index (χ0n) is 13.6. The molecule has 2 rings (SSSR count). The minimum atomic E-state index is -1.31. The highest BCUT2D eigenvalue weighted by Gasteiger charge is 2.34. The second-order valence-corrected chi connectivity index (χ2v) is 5.85. The fraction of sp³-hybridized carbons (Fsp3) is 0.278. The van der Waals surface area contributed by atoms with Crippen molar-refractivity contribution in [3.63, 3.8) is 0 Å². The van der Waals surface area contributed by atoms with Crippen LogP contribution in [0.5, 0.6) is 0 Å². The highest BCUT2D eigenvalue weighted by atomic mass is 16.4. The van der Waals surface area contributed by atoms with E-state index < -0.39 is 17.4 Å². The van der Waals surface area contributed by atoms with Gasteiger partial charge in [0.1, 0.15) is 5.54 Å². The fourth-order valence-corrected chi connectivity index (χ4v) is 2.45. The summed E-state index contributed by atoms with van der Waals surface area (Å²) in [6, 6.07) is 7.82. The van der Waals surface area contributed by atoms with Gasteiger partial charge in [0.15, 0.2) is 5.78 Å². The van der Waals surface area contributed by atoms with Gasteiger partial charge in [-0.3, -0.25) is 9.59 Å². The number of carboxylic acid groups (broad SMARTS) is 1. The minimum Gasteiger partial charge on any atom is -0.480 e. The quantitative estimate of drug-likeness (QED) is 0.680. The van der Waals surface area contributed by atoms with E-state index in [0.717, 1.165) is 0 Å². The number of H-pyrrole nitrogens is 1. The summed E-state index contributed by atoms with van der Waals surface area (Å²) in [5.74, 6) is -1.70. The van der Waals surface area contributed by atoms with Gasteiger partial charge >= 0.3 is 5.97 Å². The van der Waals surface area contributed by atoms with Gasteiger partial charge in [0.25, 0.3) is 5.91 Å². The Labute approximate surface area is 139 Å². The number of rotatable bonds is 7. The first kappa shape index (κ1) is 17.5. The molecule has 24 heavy (non-hydrogen) atoms. The van der Waals surface area contributed by atoms with Crippen LogP contribution in [0.25, 0.3) is 0 Å². The molecule has 1 amide bonds. The van der Waals surface area contributed by atoms with Crippen LogP contribution in [0, 0.1) is 0 Å². The molecule has 3 N–H and O–H groups in total. The molecule has 1 atom stereocenters. The molecule has 1 unspecified atom stereocenters. The second kappa shape index (κ2) is 7.12. The van der Waals surface area contributed by atoms with Gasteiger partial charge in [0.05, 0.1) is 0 Å². The maximum absolute atomic E-state index is 12.3. The highest BCUT2D eigenvalue weighted by molar-refractivity contribution is 6.09. The summed E-state index contributed by atoms with van der Waals surface area (Å²) in [7, 11) is 0. The number of carbonyl (C=O) groups is 3. The third kappa shape index (κ3) is 3.71. The number of carboxylic acids is 1. The number of amides is 1. The number of aromatic amines is 1. The summed E-state index contributed by atoms with van der Waals surface area (Å²) < 4.78 is 0. The van der Waals surface area contributed by atoms with Crippen LogP contribution in [-0.2, 0) is 4.79 Å². The number of carbonyl (C=O) groups excluding carboxylic acids is 2. The zero-order valence-corrected chi connectivity index (χ0v) is 13.6. The third-order valence-corrected chi connectivity index (χ3v) is 3.88. The van der Waals surface area contributed by atoms with Crippen LogP contribution < -0.4 is 5.32 Å². The Bertz CT molecular complexity index is 735. The molecule has 2 aromatic rings. The first-order valence-corrected chi connectivity index (χ1v) is 7.71. The Hall–Kier alpha value is -2.89. The summed E-state index contributed by atoms with van der Waals surface area (Å²) in [4.78, 5) is 38.7. The fourth-order valence-electron chi connectivity index (χ4n) is 2.45. The molecule has 0 aliphatic heterocycles. The second-order valence-electron chi connectivity index (χ2n) is 5.85. The highest BCUT2D eigenvalue weighted by Crippen LogP contribution is 2.15. The van der Waals surface area contributed by atoms with E-state index in [-0.39, 0.29) is 5.78 Å². The van der Waals surface area contributed by atoms with Crippen molar-refractivity contribution in [2.24, 2.45) is 0 Å². The largest absolute Gasteiger partial charge is 0.480 e. The lowest BCUT2D eigenvalue weighted by molar-refractivity contribution is -0.144. The van der Waals surface area contributed by atoms with Crippen molar-refractivity contribution < 1.29 is 19.5 Å². The summed E-state index contributed by atoms with van der Waals surface area (Å²) in [5, 5.41) is 11.9. The molecule has 1 aromatic heterocycles. The van der Waals surface area contributed by atoms with Gasteiger partial charge in [0, 0.05) is 29.1 Å². The lowest BCUT2D eigenvalue weighted by atomic mass is 9.95. The molecule has 0 spiro atoms. The van der Waals surface area contributed by atoms with Crippen LogP contribution >= 0.6 is 0 Å². The summed E-state index contributed by atoms with van der Waals surface area (Å²) in [6.07, 6.45) is 4.23. The molecule has 126 valence electrons. The number of hydrogen-bond donors (Lipinski definition) is 3. The average molecular weight is 328 g/mol. The maximum atomic E-state index is 12.3. The molecule has 0 radical (unpaired) electrons. The molecular weight excluding hydrogens is 308 g/mol. The standard InChI is InChI=1S/C18H20N2O4/c1-3-9-18(2,17(23)24)20-16(22)13-6-4-12(5-7-13)15(21)14-8-10-19-11-14/h4-8,10-11,19H,3,9H2,1-2H3,(H,20,22)(H,23,24). The van der Waals surface area contributed by atoms with Crippen LogP contribution in [0.1, 0.15) is 53.0 Å². The van der Waals surface area contributed by atoms with E-state index in [1.54, 1.807) is 30.6 Å². The van der Waals surface area contributed by atoms with Crippen molar-refractivity contribution in [3.05, 3.63) is 59.4 Å². The molecule has 0 aliphatic rings. The van der Waals surface area contributed by atoms with Crippen molar-refractivity contribution in [3.8, 4) is 0 Å². The molecule has 6 heteroatoms. The predicted octanol–water partition coefficient (Wildman–Crippen LogP) is 2.62. The van der Waals surface area contributed by atoms with E-state index in [2.05, 4.69) is 10.3 Å². The Morgan fingerprint density at radius 2 is 1.71 bits per heavy atom. The zero-order chi connectivity index (χ0) is 17.7. The number of ketones is 1. The van der Waals surface area contributed by atoms with Gasteiger partial charge in [0.2, 0.25) is 0 Å². The van der Waals surface area contributed by atoms with Crippen molar-refractivity contribution >= 4 is 17.7 Å². The molecule has 6 nitrogen and oxygen atoms in total. The SMILES string of the molecule is CCCC(C)(NC(=O)c1ccc(C(=O)c2cc[nH]c2)cc1)C(=O)O. The van der Waals surface area contributed by atoms with E-state index in [9.17, 15) is 19.5 Å². The average Bonchev–Trinajstić information content (AvgIpc) is 3.08. The van der Waals surface area contributed by atoms with Gasteiger partial charge in [-0.2, -0.15) is 0 Å². The van der Waals surface area contributed by atoms with E-state index in [1.807, 2.05) is 6.92 Å². The minimum absolute atomic E-state index is 0.149. The van der Waals surface area contributed by atoms with Crippen LogP contribution in [0.15, 0.2) is 42.7 Å². The van der Waals surface area contributed by atoms with Gasteiger partial charge in [-0.25, -0.2) is 4.79 Å². The van der Waals surface area contributed by atoms with E-state index >= 15 is 0 Å². The maximum Gasteiger partial charge on any atom is 0.329 e. The molecule has 0 saturated carbocycles. The Kier molecular flexibility index (Phi) is 5.18. The third-order valence-electron chi connectivity index (χ3n) is 3.88. The molecule has 0 saturated heterocycles. The summed E-state index contributed by atoms with van der Waals surface area (Å²) >= 11 is 0. The Morgan fingerprint density at radius 1 is 1.08 bits per heavy atom. The number of aromatic nitrogens is 1. The lowest BCUT2D eigenvalue weighted by Gasteiger charge is -2.25. The van der Waals surface area contributed by atoms with Crippen molar-refractivity contribution in [1.29, 1.82) is 0 Å². The van der Waals surface area contributed by atoms with Crippen molar-refractivity contribution in [1.82, 2.24) is 10.3 Å². The monoisotopic (exact) mass is 328 g/mol. The van der Waals surface area contributed by atoms with Gasteiger partial charge in [-0.05, 0) is 31.5 Å². The van der Waals surface area contributed by atoms with Gasteiger partial charge in [-0.15, -0.1) is 0 Å². The molecular formula is C18H20N2O4. The topological polar surface area (TPSA) is 99.3 Å². The molecule has 0 bridgehead atoms. The molecule has 0 fully saturated rings. The first-order chi connectivity index (χ1) is 11.4. The van der Waals surface area contributed by atoms with Crippen molar-refractivity contribution in [2.45, 2.75) is 32.2 Å². The predicted molar refractivity (Wildman–Crippen MR) is 89.1 cm³/mol. The molecule has 1 aromatic carbocycles. The van der Waals surface area contributed by atoms with Crippen LogP contribution in [0.3, 0.4) is 0 Å². The van der Waals surface area contributed by atoms with E-state index in [1.165, 1.54) is 19.1 Å². The van der Waals surface area contributed by atoms with Crippen LogP contribution in [0.4, 0.5) is 0 Å². The summed E-state index contributed by atoms with van der Waals surface area (Å²) in [5.41, 5.74) is -0.00987. The smallest absolute Gasteiger partial charge is 0.329 e. The van der Waals surface area contributed by atoms with Crippen molar-refractivity contribution in [2.75, 3.05) is 0 Å². The Balaban J connectivity index is 2.14.